The van der Waals surface area contributed by atoms with E-state index >= 15 is 0 Å². The van der Waals surface area contributed by atoms with E-state index in [1.807, 2.05) is 66.7 Å². The van der Waals surface area contributed by atoms with E-state index < -0.39 is 0 Å². The van der Waals surface area contributed by atoms with Crippen LogP contribution in [0.3, 0.4) is 0 Å². The zero-order chi connectivity index (χ0) is 55.2. The molecule has 2 aliphatic carbocycles. The van der Waals surface area contributed by atoms with E-state index in [0.29, 0.717) is 16.9 Å². The first-order valence-corrected chi connectivity index (χ1v) is 27.1. The Morgan fingerprint density at radius 2 is 0.864 bits per heavy atom. The molecule has 1 amide bonds. The topological polar surface area (TPSA) is 149 Å². The molecule has 5 N–H and O–H groups in total. The molecule has 14 rings (SSSR count). The number of ether oxygens (including phenoxy) is 4. The number of nitrogens with two attached hydrogens (primary N) is 1. The monoisotopic (exact) mass is 1060 g/mol. The van der Waals surface area contributed by atoms with Crippen molar-refractivity contribution >= 4 is 74.4 Å². The fourth-order valence-corrected chi connectivity index (χ4v) is 12.8. The molecular weight excluding hydrogens is 1000 g/mol. The highest BCUT2D eigenvalue weighted by atomic mass is 16.5. The molecule has 0 radical (unpaired) electrons. The Kier molecular flexibility index (Phi) is 11.7. The molecule has 0 saturated heterocycles. The maximum absolute atomic E-state index is 14.4. The fraction of sp³-hybridized carbons (Fsp3) is 0.129. The van der Waals surface area contributed by atoms with Gasteiger partial charge in [-0.05, 0) is 146 Å². The van der Waals surface area contributed by atoms with Crippen molar-refractivity contribution in [2.24, 2.45) is 0 Å². The van der Waals surface area contributed by atoms with Gasteiger partial charge in [-0.2, -0.15) is 0 Å². The van der Waals surface area contributed by atoms with E-state index in [9.17, 15) is 4.79 Å². The van der Waals surface area contributed by atoms with E-state index in [0.717, 1.165) is 163 Å². The van der Waals surface area contributed by atoms with Gasteiger partial charge in [-0.1, -0.05) is 83.9 Å². The van der Waals surface area contributed by atoms with E-state index in [2.05, 4.69) is 138 Å². The van der Waals surface area contributed by atoms with Crippen molar-refractivity contribution in [1.29, 1.82) is 0 Å². The zero-order valence-electron chi connectivity index (χ0n) is 45.6. The second-order valence-electron chi connectivity index (χ2n) is 21.2. The molecule has 0 fully saturated rings. The lowest BCUT2D eigenvalue weighted by Crippen LogP contribution is -2.13. The smallest absolute Gasteiger partial charge is 0.255 e. The van der Waals surface area contributed by atoms with Crippen LogP contribution in [-0.2, 0) is 0 Å². The van der Waals surface area contributed by atoms with Gasteiger partial charge in [-0.25, -0.2) is 9.97 Å². The first-order valence-electron chi connectivity index (χ1n) is 27.1. The number of aromatic amines is 2. The molecule has 7 aromatic carbocycles. The van der Waals surface area contributed by atoms with Gasteiger partial charge in [0.2, 0.25) is 0 Å². The summed E-state index contributed by atoms with van der Waals surface area (Å²) >= 11 is 0. The van der Waals surface area contributed by atoms with Crippen LogP contribution in [0.4, 0.5) is 11.4 Å². The summed E-state index contributed by atoms with van der Waals surface area (Å²) in [5.41, 5.74) is 29.3. The summed E-state index contributed by atoms with van der Waals surface area (Å²) in [6.07, 6.45) is 9.23. The first-order chi connectivity index (χ1) is 39.6. The summed E-state index contributed by atoms with van der Waals surface area (Å²) in [6, 6.07) is 51.3. The predicted octanol–water partition coefficient (Wildman–Crippen LogP) is 15.9. The van der Waals surface area contributed by atoms with Gasteiger partial charge >= 0.3 is 0 Å². The maximum atomic E-state index is 14.4. The highest BCUT2D eigenvalue weighted by molar-refractivity contribution is 6.09. The molecule has 0 spiro atoms. The third kappa shape index (κ3) is 8.06. The third-order valence-electron chi connectivity index (χ3n) is 16.5. The van der Waals surface area contributed by atoms with Gasteiger partial charge in [0.25, 0.3) is 5.91 Å². The van der Waals surface area contributed by atoms with Crippen molar-refractivity contribution in [3.63, 3.8) is 0 Å². The highest BCUT2D eigenvalue weighted by Crippen LogP contribution is 2.66. The molecule has 81 heavy (non-hydrogen) atoms. The lowest BCUT2D eigenvalue weighted by atomic mass is 9.82. The summed E-state index contributed by atoms with van der Waals surface area (Å²) in [4.78, 5) is 33.1. The molecule has 2 unspecified atom stereocenters. The number of anilines is 2. The number of fused-ring (bicyclic) bond motifs is 17. The number of methoxy groups -OCH3 is 4. The highest BCUT2D eigenvalue weighted by Gasteiger charge is 2.49. The lowest BCUT2D eigenvalue weighted by molar-refractivity contribution is 0.102. The van der Waals surface area contributed by atoms with Gasteiger partial charge < -0.3 is 40.0 Å². The van der Waals surface area contributed by atoms with Crippen LogP contribution in [0.5, 0.6) is 23.0 Å². The van der Waals surface area contributed by atoms with Gasteiger partial charge in [0, 0.05) is 106 Å². The van der Waals surface area contributed by atoms with Crippen LogP contribution in [0.15, 0.2) is 152 Å². The Morgan fingerprint density at radius 3 is 1.27 bits per heavy atom. The molecule has 10 bridgehead atoms. The van der Waals surface area contributed by atoms with Crippen molar-refractivity contribution in [2.75, 3.05) is 39.5 Å². The number of aryl methyl sites for hydroxylation is 2. The number of H-pyrrole nitrogens is 2. The Balaban J connectivity index is 0.901. The molecular formula is C70H56N6O5. The standard InChI is InChI=1S/C70H56N6O5/c1-37-7-11-39(12-8-37)60-50-25-29-54(73-50)62(41-15-20-44(71)21-16-41)55-30-26-51(74-55)61(40-13-9-38(2)10-14-40)53-28-32-57(76-53)63(56-31-27-52(60)75-56)42-17-22-45(23-18-42)72-70(77)43-19-24-46-47(35-43)69(81-6)67-49-36-48(66(67)68(46)80-5)64-58(78-3)33-34-59(79-4)65(49)64/h7-35,48-49,73,76H,36,71H2,1-6H3,(H,72,77). The SMILES string of the molecule is COc1ccc(OC)c2c1C1CC2c2c1c(OC)c1ccc(C(=O)Nc3ccc(-c4c5nc(c(-c6ccc(C)cc6)c6ccc([nH]6)c(-c6ccc(N)cc6)c6nc(c(-c7ccc(C)cc7)c7ccc4[nH]7)C=C6)C=C5)cc3)cc1c2OC. The second kappa shape index (κ2) is 19.3. The average molecular weight is 1060 g/mol. The number of rotatable bonds is 10. The molecule has 3 aromatic heterocycles. The van der Waals surface area contributed by atoms with Crippen LogP contribution in [-0.4, -0.2) is 54.3 Å². The number of hydrogen-bond donors (Lipinski definition) is 4. The molecule has 11 heteroatoms. The molecule has 11 nitrogen and oxygen atoms in total. The summed E-state index contributed by atoms with van der Waals surface area (Å²) in [5.74, 6) is 2.94. The van der Waals surface area contributed by atoms with Gasteiger partial charge in [0.15, 0.2) is 0 Å². The number of amides is 1. The summed E-state index contributed by atoms with van der Waals surface area (Å²) in [5, 5.41) is 4.87. The van der Waals surface area contributed by atoms with Gasteiger partial charge in [0.1, 0.15) is 23.0 Å². The van der Waals surface area contributed by atoms with Crippen LogP contribution in [0.1, 0.15) is 84.8 Å². The third-order valence-corrected chi connectivity index (χ3v) is 16.5. The summed E-state index contributed by atoms with van der Waals surface area (Å²) < 4.78 is 24.4. The Bertz CT molecular complexity index is 4450. The Hall–Kier alpha value is -10.1. The number of aromatic nitrogens is 4. The van der Waals surface area contributed by atoms with Crippen LogP contribution in [0.25, 0.3) is 102 Å². The van der Waals surface area contributed by atoms with Crippen molar-refractivity contribution in [3.8, 4) is 67.5 Å². The Labute approximate surface area is 468 Å². The summed E-state index contributed by atoms with van der Waals surface area (Å²) in [7, 11) is 6.82. The van der Waals surface area contributed by atoms with Gasteiger partial charge in [0.05, 0.1) is 51.2 Å². The van der Waals surface area contributed by atoms with E-state index in [4.69, 9.17) is 34.6 Å². The van der Waals surface area contributed by atoms with Crippen molar-refractivity contribution in [2.45, 2.75) is 32.1 Å². The predicted molar refractivity (Wildman–Crippen MR) is 327 cm³/mol. The summed E-state index contributed by atoms with van der Waals surface area (Å²) in [6.45, 7) is 4.19. The number of hydrogen-bond acceptors (Lipinski definition) is 8. The average Bonchev–Trinajstić information content (AvgIpc) is 3.26. The molecule has 0 saturated carbocycles. The fourth-order valence-electron chi connectivity index (χ4n) is 12.8. The number of carbonyl (C=O) groups is 1. The number of nitrogens with one attached hydrogen (secondary N) is 3. The number of nitrogen functional groups attached to an aromatic ring is 1. The number of benzene rings is 7. The van der Waals surface area contributed by atoms with Gasteiger partial charge in [-0.15, -0.1) is 0 Å². The minimum absolute atomic E-state index is 0.00200. The van der Waals surface area contributed by atoms with Crippen LogP contribution < -0.4 is 30.0 Å². The zero-order valence-corrected chi connectivity index (χ0v) is 45.6. The van der Waals surface area contributed by atoms with Gasteiger partial charge in [-0.3, -0.25) is 4.79 Å². The number of nitrogens with zero attached hydrogens (tertiary/aromatic N) is 2. The van der Waals surface area contributed by atoms with Crippen LogP contribution >= 0.6 is 0 Å². The molecule has 2 atom stereocenters. The largest absolute Gasteiger partial charge is 0.496 e. The Morgan fingerprint density at radius 1 is 0.469 bits per heavy atom. The maximum Gasteiger partial charge on any atom is 0.255 e. The molecule has 4 aliphatic rings. The molecule has 10 aromatic rings. The molecule has 2 aliphatic heterocycles. The minimum Gasteiger partial charge on any atom is -0.496 e. The second-order valence-corrected chi connectivity index (χ2v) is 21.2. The van der Waals surface area contributed by atoms with E-state index in [1.54, 1.807) is 28.4 Å². The van der Waals surface area contributed by atoms with Crippen molar-refractivity contribution in [1.82, 2.24) is 19.9 Å². The van der Waals surface area contributed by atoms with Crippen molar-refractivity contribution < 1.29 is 23.7 Å². The molecule has 5 heterocycles. The van der Waals surface area contributed by atoms with Crippen LogP contribution in [0, 0.1) is 13.8 Å². The van der Waals surface area contributed by atoms with E-state index in [-0.39, 0.29) is 17.7 Å². The normalized spacial score (nSPS) is 14.5. The number of carbonyl (C=O) groups excluding carboxylic acids is 1. The molecule has 396 valence electrons. The minimum atomic E-state index is -0.258. The van der Waals surface area contributed by atoms with Crippen LogP contribution in [0.2, 0.25) is 0 Å². The van der Waals surface area contributed by atoms with E-state index in [1.165, 1.54) is 0 Å². The lowest BCUT2D eigenvalue weighted by Gasteiger charge is -2.27. The quantitative estimate of drug-likeness (QED) is 0.0989. The first kappa shape index (κ1) is 49.2. The van der Waals surface area contributed by atoms with Crippen molar-refractivity contribution in [3.05, 3.63) is 213 Å².